The first-order valence-corrected chi connectivity index (χ1v) is 0.941. The summed E-state index contributed by atoms with van der Waals surface area (Å²) in [6.45, 7) is -0.250. The molecule has 0 aliphatic rings. The van der Waals surface area contributed by atoms with E-state index in [9.17, 15) is 0 Å². The van der Waals surface area contributed by atoms with E-state index in [-0.39, 0.29) is 11.9 Å². The van der Waals surface area contributed by atoms with E-state index in [2.05, 4.69) is 0 Å². The quantitative estimate of drug-likeness (QED) is 0.359. The summed E-state index contributed by atoms with van der Waals surface area (Å²) in [5, 5.41) is 13.9. The lowest BCUT2D eigenvalue weighted by Crippen LogP contribution is -1.49. The molecule has 4 nitrogen and oxygen atoms in total. The Kier molecular flexibility index (Phi) is 1010. The van der Waals surface area contributed by atoms with Crippen LogP contribution in [0.5, 0.6) is 0 Å². The lowest BCUT2D eigenvalue weighted by Gasteiger charge is -1.34. The number of hydrogen-bond acceptors (Lipinski definition) is 2. The van der Waals surface area contributed by atoms with E-state index >= 15 is 0 Å². The van der Waals surface area contributed by atoms with Crippen molar-refractivity contribution < 1.29 is 20.5 Å². The first kappa shape index (κ1) is 18.2. The van der Waals surface area contributed by atoms with Crippen molar-refractivity contribution >= 4 is 6.47 Å². The van der Waals surface area contributed by atoms with Crippen LogP contribution in [-0.2, 0) is 4.79 Å². The first-order chi connectivity index (χ1) is 2.41. The van der Waals surface area contributed by atoms with Crippen molar-refractivity contribution in [3.05, 3.63) is 0 Å². The molecule has 0 amide bonds. The fraction of sp³-hybridized carbons (Fsp3) is 0.500. The standard InChI is InChI=1S/CH2O2.CH4O.H2O/c2-1-3;1-2;/h1H,(H,2,3);2H,1H3;1H2. The minimum Gasteiger partial charge on any atom is -0.483 e. The largest absolute Gasteiger partial charge is 0.483 e. The van der Waals surface area contributed by atoms with Crippen molar-refractivity contribution in [2.75, 3.05) is 7.11 Å². The second-order valence-corrected chi connectivity index (χ2v) is 0.105. The molecule has 0 aromatic heterocycles. The smallest absolute Gasteiger partial charge is 0.290 e. The lowest BCUT2D eigenvalue weighted by atomic mass is 11.7. The van der Waals surface area contributed by atoms with Crippen LogP contribution in [0.15, 0.2) is 0 Å². The molecule has 0 fully saturated rings. The third kappa shape index (κ3) is 52.0. The average Bonchev–Trinajstić information content (AvgIpc) is 1.46. The zero-order valence-corrected chi connectivity index (χ0v) is 3.38. The Hall–Kier alpha value is -0.610. The highest BCUT2D eigenvalue weighted by Crippen LogP contribution is 0.966. The SMILES string of the molecule is CO.O.O=CO. The molecule has 4 N–H and O–H groups in total. The molecular weight excluding hydrogens is 88.0 g/mol. The third-order valence-corrected chi connectivity index (χ3v) is 0. The Morgan fingerprint density at radius 3 is 1.50 bits per heavy atom. The van der Waals surface area contributed by atoms with Gasteiger partial charge in [-0.3, -0.25) is 4.79 Å². The molecule has 0 aliphatic carbocycles. The molecule has 0 heterocycles. The normalized spacial score (nSPS) is 3.00. The fourth-order valence-corrected chi connectivity index (χ4v) is 0. The summed E-state index contributed by atoms with van der Waals surface area (Å²) in [6, 6.07) is 0. The average molecular weight is 96.1 g/mol. The van der Waals surface area contributed by atoms with Crippen molar-refractivity contribution in [3.63, 3.8) is 0 Å². The van der Waals surface area contributed by atoms with Crippen LogP contribution in [-0.4, -0.2) is 29.3 Å². The fourth-order valence-electron chi connectivity index (χ4n) is 0. The van der Waals surface area contributed by atoms with Crippen molar-refractivity contribution in [3.8, 4) is 0 Å². The van der Waals surface area contributed by atoms with Gasteiger partial charge in [0, 0.05) is 7.11 Å². The highest BCUT2D eigenvalue weighted by atomic mass is 16.3. The van der Waals surface area contributed by atoms with E-state index in [1.54, 1.807) is 0 Å². The summed E-state index contributed by atoms with van der Waals surface area (Å²) in [6.07, 6.45) is 0. The summed E-state index contributed by atoms with van der Waals surface area (Å²) in [7, 11) is 1.00. The molecule has 0 bridgehead atoms. The zero-order chi connectivity index (χ0) is 4.71. The maximum absolute atomic E-state index is 8.36. The molecule has 0 unspecified atom stereocenters. The van der Waals surface area contributed by atoms with Crippen LogP contribution < -0.4 is 0 Å². The second-order valence-electron chi connectivity index (χ2n) is 0.105. The topological polar surface area (TPSA) is 89.0 Å². The van der Waals surface area contributed by atoms with Gasteiger partial charge in [0.1, 0.15) is 0 Å². The Bertz CT molecular complexity index is 13.0. The maximum Gasteiger partial charge on any atom is 0.290 e. The van der Waals surface area contributed by atoms with E-state index in [4.69, 9.17) is 15.0 Å². The maximum atomic E-state index is 8.36. The van der Waals surface area contributed by atoms with Gasteiger partial charge in [-0.25, -0.2) is 0 Å². The molecule has 0 aliphatic heterocycles. The van der Waals surface area contributed by atoms with Crippen molar-refractivity contribution in [2.45, 2.75) is 0 Å². The Balaban J connectivity index is -0.0000000275. The number of carbonyl (C=O) groups is 1. The lowest BCUT2D eigenvalue weighted by molar-refractivity contribution is -0.122. The monoisotopic (exact) mass is 96.0 g/mol. The minimum atomic E-state index is -0.250. The molecular formula is C2H8O4. The molecule has 0 aromatic rings. The van der Waals surface area contributed by atoms with E-state index in [1.807, 2.05) is 0 Å². The van der Waals surface area contributed by atoms with Crippen molar-refractivity contribution in [1.29, 1.82) is 0 Å². The van der Waals surface area contributed by atoms with Gasteiger partial charge in [0.25, 0.3) is 6.47 Å². The minimum absolute atomic E-state index is 0. The molecule has 0 aromatic carbocycles. The third-order valence-electron chi connectivity index (χ3n) is 0. The summed E-state index contributed by atoms with van der Waals surface area (Å²) >= 11 is 0. The number of aliphatic hydroxyl groups excluding tert-OH is 1. The summed E-state index contributed by atoms with van der Waals surface area (Å²) in [4.78, 5) is 8.36. The predicted octanol–water partition coefficient (Wildman–Crippen LogP) is -1.52. The van der Waals surface area contributed by atoms with Gasteiger partial charge in [-0.05, 0) is 0 Å². The van der Waals surface area contributed by atoms with Crippen molar-refractivity contribution in [2.24, 2.45) is 0 Å². The van der Waals surface area contributed by atoms with Gasteiger partial charge < -0.3 is 15.7 Å². The van der Waals surface area contributed by atoms with Gasteiger partial charge in [0.2, 0.25) is 0 Å². The highest BCUT2D eigenvalue weighted by Gasteiger charge is 1.22. The van der Waals surface area contributed by atoms with Crippen LogP contribution >= 0.6 is 0 Å². The van der Waals surface area contributed by atoms with E-state index in [1.165, 1.54) is 0 Å². The number of carboxylic acid groups (broad SMARTS) is 1. The molecule has 0 saturated carbocycles. The predicted molar refractivity (Wildman–Crippen MR) is 20.4 cm³/mol. The second kappa shape index (κ2) is 332. The van der Waals surface area contributed by atoms with Gasteiger partial charge in [0.15, 0.2) is 0 Å². The molecule has 0 radical (unpaired) electrons. The van der Waals surface area contributed by atoms with Crippen LogP contribution in [0.3, 0.4) is 0 Å². The van der Waals surface area contributed by atoms with Gasteiger partial charge in [-0.15, -0.1) is 0 Å². The van der Waals surface area contributed by atoms with Gasteiger partial charge in [-0.2, -0.15) is 0 Å². The Morgan fingerprint density at radius 1 is 1.50 bits per heavy atom. The van der Waals surface area contributed by atoms with Crippen LogP contribution in [0.1, 0.15) is 0 Å². The number of rotatable bonds is 0. The molecule has 4 heteroatoms. The van der Waals surface area contributed by atoms with Gasteiger partial charge in [-0.1, -0.05) is 0 Å². The van der Waals surface area contributed by atoms with Crippen LogP contribution in [0.2, 0.25) is 0 Å². The summed E-state index contributed by atoms with van der Waals surface area (Å²) in [5.74, 6) is 0. The Morgan fingerprint density at radius 2 is 1.50 bits per heavy atom. The van der Waals surface area contributed by atoms with E-state index < -0.39 is 0 Å². The Labute approximate surface area is 35.3 Å². The van der Waals surface area contributed by atoms with Crippen LogP contribution in [0.4, 0.5) is 0 Å². The van der Waals surface area contributed by atoms with E-state index in [0.29, 0.717) is 0 Å². The molecule has 0 atom stereocenters. The van der Waals surface area contributed by atoms with E-state index in [0.717, 1.165) is 7.11 Å². The first-order valence-electron chi connectivity index (χ1n) is 0.941. The molecule has 0 saturated heterocycles. The van der Waals surface area contributed by atoms with Crippen LogP contribution in [0.25, 0.3) is 0 Å². The van der Waals surface area contributed by atoms with Gasteiger partial charge >= 0.3 is 0 Å². The number of aliphatic hydroxyl groups is 1. The molecule has 0 spiro atoms. The zero-order valence-electron chi connectivity index (χ0n) is 3.38. The van der Waals surface area contributed by atoms with Crippen molar-refractivity contribution in [1.82, 2.24) is 0 Å². The summed E-state index contributed by atoms with van der Waals surface area (Å²) in [5.41, 5.74) is 0. The molecule has 40 valence electrons. The summed E-state index contributed by atoms with van der Waals surface area (Å²) < 4.78 is 0. The van der Waals surface area contributed by atoms with Crippen LogP contribution in [0, 0.1) is 0 Å². The highest BCUT2D eigenvalue weighted by molar-refractivity contribution is 5.32. The molecule has 0 rings (SSSR count). The molecule has 6 heavy (non-hydrogen) atoms. The van der Waals surface area contributed by atoms with Gasteiger partial charge in [0.05, 0.1) is 0 Å². The number of hydrogen-bond donors (Lipinski definition) is 2.